The van der Waals surface area contributed by atoms with Crippen LogP contribution in [0.3, 0.4) is 0 Å². The summed E-state index contributed by atoms with van der Waals surface area (Å²) in [7, 11) is -2.76. The minimum Gasteiger partial charge on any atom is -0.229 e. The van der Waals surface area contributed by atoms with E-state index >= 15 is 0 Å². The van der Waals surface area contributed by atoms with Gasteiger partial charge >= 0.3 is 0 Å². The molecule has 0 N–H and O–H groups in total. The standard InChI is InChI=1S/C11H21BrO2S/c12-8-4-1-5-9-15(13,14)10-11-6-2-3-7-11/h11H,1-10H2. The molecule has 0 atom stereocenters. The quantitative estimate of drug-likeness (QED) is 0.534. The fourth-order valence-corrected chi connectivity index (χ4v) is 4.47. The smallest absolute Gasteiger partial charge is 0.150 e. The second-order valence-corrected chi connectivity index (χ2v) is 7.54. The molecule has 0 aliphatic heterocycles. The lowest BCUT2D eigenvalue weighted by Gasteiger charge is -2.09. The zero-order chi connectivity index (χ0) is 11.1. The predicted octanol–water partition coefficient (Wildman–Crippen LogP) is 3.16. The van der Waals surface area contributed by atoms with E-state index in [1.165, 1.54) is 12.8 Å². The minimum absolute atomic E-state index is 0.399. The van der Waals surface area contributed by atoms with Crippen molar-refractivity contribution in [2.24, 2.45) is 5.92 Å². The molecule has 0 unspecified atom stereocenters. The maximum atomic E-state index is 11.7. The van der Waals surface area contributed by atoms with E-state index in [9.17, 15) is 8.42 Å². The van der Waals surface area contributed by atoms with Gasteiger partial charge in [0.15, 0.2) is 9.84 Å². The molecule has 1 rings (SSSR count). The van der Waals surface area contributed by atoms with Crippen LogP contribution < -0.4 is 0 Å². The number of halogens is 1. The fraction of sp³-hybridized carbons (Fsp3) is 1.00. The van der Waals surface area contributed by atoms with Crippen molar-refractivity contribution in [2.45, 2.75) is 44.9 Å². The molecule has 0 aromatic carbocycles. The summed E-state index contributed by atoms with van der Waals surface area (Å²) < 4.78 is 23.5. The van der Waals surface area contributed by atoms with Gasteiger partial charge in [0.2, 0.25) is 0 Å². The van der Waals surface area contributed by atoms with Crippen LogP contribution in [-0.2, 0) is 9.84 Å². The summed E-state index contributed by atoms with van der Waals surface area (Å²) in [5.41, 5.74) is 0. The molecule has 4 heteroatoms. The van der Waals surface area contributed by atoms with Crippen LogP contribution in [0.5, 0.6) is 0 Å². The highest BCUT2D eigenvalue weighted by atomic mass is 79.9. The Hall–Kier alpha value is 0.430. The lowest BCUT2D eigenvalue weighted by atomic mass is 10.1. The summed E-state index contributed by atoms with van der Waals surface area (Å²) >= 11 is 3.35. The molecule has 2 nitrogen and oxygen atoms in total. The molecule has 1 aliphatic carbocycles. The topological polar surface area (TPSA) is 34.1 Å². The number of alkyl halides is 1. The molecule has 0 heterocycles. The molecule has 0 spiro atoms. The van der Waals surface area contributed by atoms with Crippen LogP contribution in [0.1, 0.15) is 44.9 Å². The van der Waals surface area contributed by atoms with Gasteiger partial charge in [0.05, 0.1) is 11.5 Å². The first-order valence-corrected chi connectivity index (χ1v) is 8.85. The van der Waals surface area contributed by atoms with Crippen molar-refractivity contribution in [2.75, 3.05) is 16.8 Å². The van der Waals surface area contributed by atoms with Gasteiger partial charge in [0.25, 0.3) is 0 Å². The van der Waals surface area contributed by atoms with Gasteiger partial charge in [-0.3, -0.25) is 0 Å². The number of unbranched alkanes of at least 4 members (excludes halogenated alkanes) is 2. The largest absolute Gasteiger partial charge is 0.229 e. The monoisotopic (exact) mass is 296 g/mol. The SMILES string of the molecule is O=S(=O)(CCCCCBr)CC1CCCC1. The summed E-state index contributed by atoms with van der Waals surface area (Å²) in [4.78, 5) is 0. The van der Waals surface area contributed by atoms with Crippen molar-refractivity contribution in [1.82, 2.24) is 0 Å². The Labute approximate surface area is 102 Å². The van der Waals surface area contributed by atoms with Crippen LogP contribution >= 0.6 is 15.9 Å². The molecule has 1 saturated carbocycles. The van der Waals surface area contributed by atoms with Crippen LogP contribution in [0.2, 0.25) is 0 Å². The molecule has 0 amide bonds. The summed E-state index contributed by atoms with van der Waals surface area (Å²) in [5.74, 6) is 1.31. The third-order valence-corrected chi connectivity index (χ3v) is 5.50. The average molecular weight is 297 g/mol. The number of hydrogen-bond donors (Lipinski definition) is 0. The zero-order valence-corrected chi connectivity index (χ0v) is 11.7. The first-order valence-electron chi connectivity index (χ1n) is 5.90. The zero-order valence-electron chi connectivity index (χ0n) is 9.25. The predicted molar refractivity (Wildman–Crippen MR) is 68.3 cm³/mol. The van der Waals surface area contributed by atoms with Crippen LogP contribution in [0.15, 0.2) is 0 Å². The highest BCUT2D eigenvalue weighted by molar-refractivity contribution is 9.09. The lowest BCUT2D eigenvalue weighted by Crippen LogP contribution is -2.17. The Bertz CT molecular complexity index is 256. The van der Waals surface area contributed by atoms with Crippen molar-refractivity contribution in [1.29, 1.82) is 0 Å². The summed E-state index contributed by atoms with van der Waals surface area (Å²) in [6, 6.07) is 0. The molecular formula is C11H21BrO2S. The lowest BCUT2D eigenvalue weighted by molar-refractivity contribution is 0.555. The minimum atomic E-state index is -2.76. The van der Waals surface area contributed by atoms with Crippen LogP contribution in [-0.4, -0.2) is 25.3 Å². The first-order chi connectivity index (χ1) is 7.14. The highest BCUT2D eigenvalue weighted by Gasteiger charge is 2.21. The molecule has 0 saturated heterocycles. The van der Waals surface area contributed by atoms with Crippen molar-refractivity contribution in [3.05, 3.63) is 0 Å². The first kappa shape index (κ1) is 13.5. The summed E-state index contributed by atoms with van der Waals surface area (Å²) in [6.45, 7) is 0. The second kappa shape index (κ2) is 6.89. The van der Waals surface area contributed by atoms with Crippen LogP contribution in [0.4, 0.5) is 0 Å². The van der Waals surface area contributed by atoms with Crippen LogP contribution in [0.25, 0.3) is 0 Å². The molecule has 0 bridgehead atoms. The molecule has 0 aromatic heterocycles. The Kier molecular flexibility index (Phi) is 6.20. The van der Waals surface area contributed by atoms with Gasteiger partial charge in [-0.05, 0) is 31.6 Å². The maximum Gasteiger partial charge on any atom is 0.150 e. The van der Waals surface area contributed by atoms with E-state index in [4.69, 9.17) is 0 Å². The van der Waals surface area contributed by atoms with Gasteiger partial charge < -0.3 is 0 Å². The van der Waals surface area contributed by atoms with Crippen molar-refractivity contribution in [3.8, 4) is 0 Å². The summed E-state index contributed by atoms with van der Waals surface area (Å²) in [5, 5.41) is 0.982. The fourth-order valence-electron chi connectivity index (χ4n) is 2.21. The van der Waals surface area contributed by atoms with E-state index in [0.29, 0.717) is 17.4 Å². The van der Waals surface area contributed by atoms with E-state index < -0.39 is 9.84 Å². The third-order valence-electron chi connectivity index (χ3n) is 3.05. The molecule has 0 radical (unpaired) electrons. The van der Waals surface area contributed by atoms with Crippen LogP contribution in [0, 0.1) is 5.92 Å². The Morgan fingerprint density at radius 2 is 1.73 bits per heavy atom. The van der Waals surface area contributed by atoms with Gasteiger partial charge in [-0.2, -0.15) is 0 Å². The molecule has 0 aromatic rings. The molecule has 90 valence electrons. The van der Waals surface area contributed by atoms with Gasteiger partial charge in [-0.25, -0.2) is 8.42 Å². The number of hydrogen-bond acceptors (Lipinski definition) is 2. The van der Waals surface area contributed by atoms with Gasteiger partial charge in [0, 0.05) is 5.33 Å². The molecular weight excluding hydrogens is 276 g/mol. The Balaban J connectivity index is 2.19. The van der Waals surface area contributed by atoms with Gasteiger partial charge in [-0.1, -0.05) is 35.2 Å². The van der Waals surface area contributed by atoms with Gasteiger partial charge in [-0.15, -0.1) is 0 Å². The van der Waals surface area contributed by atoms with Crippen molar-refractivity contribution in [3.63, 3.8) is 0 Å². The van der Waals surface area contributed by atoms with Crippen molar-refractivity contribution >= 4 is 25.8 Å². The third kappa shape index (κ3) is 5.91. The second-order valence-electron chi connectivity index (χ2n) is 4.51. The maximum absolute atomic E-state index is 11.7. The normalized spacial score (nSPS) is 18.5. The Morgan fingerprint density at radius 1 is 1.07 bits per heavy atom. The number of sulfone groups is 1. The molecule has 1 aliphatic rings. The summed E-state index contributed by atoms with van der Waals surface area (Å²) in [6.07, 6.45) is 7.64. The van der Waals surface area contributed by atoms with E-state index in [1.54, 1.807) is 0 Å². The highest BCUT2D eigenvalue weighted by Crippen LogP contribution is 2.26. The van der Waals surface area contributed by atoms with E-state index in [2.05, 4.69) is 15.9 Å². The van der Waals surface area contributed by atoms with E-state index in [-0.39, 0.29) is 0 Å². The van der Waals surface area contributed by atoms with E-state index in [0.717, 1.165) is 37.4 Å². The molecule has 1 fully saturated rings. The van der Waals surface area contributed by atoms with E-state index in [1.807, 2.05) is 0 Å². The number of rotatable bonds is 7. The van der Waals surface area contributed by atoms with Gasteiger partial charge in [0.1, 0.15) is 0 Å². The average Bonchev–Trinajstić information content (AvgIpc) is 2.64. The Morgan fingerprint density at radius 3 is 2.33 bits per heavy atom. The molecule has 15 heavy (non-hydrogen) atoms. The van der Waals surface area contributed by atoms with Crippen molar-refractivity contribution < 1.29 is 8.42 Å².